The van der Waals surface area contributed by atoms with E-state index in [2.05, 4.69) is 47.5 Å². The molecule has 0 radical (unpaired) electrons. The van der Waals surface area contributed by atoms with Crippen molar-refractivity contribution in [2.24, 2.45) is 35.5 Å². The topological polar surface area (TPSA) is 142 Å². The van der Waals surface area contributed by atoms with Crippen molar-refractivity contribution < 1.29 is 28.1 Å². The number of hydrogen-bond acceptors (Lipinski definition) is 12. The fourth-order valence-electron chi connectivity index (χ4n) is 13.4. The van der Waals surface area contributed by atoms with Crippen LogP contribution in [0.3, 0.4) is 0 Å². The number of aromatic nitrogens is 2. The second kappa shape index (κ2) is 23.3. The van der Waals surface area contributed by atoms with Gasteiger partial charge in [-0.15, -0.1) is 0 Å². The lowest BCUT2D eigenvalue weighted by atomic mass is 9.65. The van der Waals surface area contributed by atoms with E-state index >= 15 is 4.79 Å². The summed E-state index contributed by atoms with van der Waals surface area (Å²) in [5.41, 5.74) is 1.28. The summed E-state index contributed by atoms with van der Waals surface area (Å²) in [6, 6.07) is 11.8. The molecule has 4 aromatic rings. The van der Waals surface area contributed by atoms with E-state index in [1.54, 1.807) is 0 Å². The molecule has 388 valence electrons. The largest absolute Gasteiger partial charge is 0.381 e. The van der Waals surface area contributed by atoms with Crippen LogP contribution in [-0.2, 0) is 19.1 Å². The normalized spacial score (nSPS) is 28.5. The Hall–Kier alpha value is -3.66. The number of carbonyl (C=O) groups excluding carboxylic acids is 2. The molecular weight excluding hydrogens is 940 g/mol. The molecule has 14 nitrogen and oxygen atoms in total. The van der Waals surface area contributed by atoms with Crippen molar-refractivity contribution in [3.63, 3.8) is 0 Å². The maximum atomic E-state index is 15.0. The molecule has 2 aromatic carbocycles. The van der Waals surface area contributed by atoms with Gasteiger partial charge in [-0.2, -0.15) is 0 Å². The SMILES string of the molecule is COC1(C)CCC(C(C(=O)NC2CCC(CCN3CCN(c4noc5cc(Cl)ccc45)CC3)CC2)C(C(=O)NC2CCC(CCN3CCN(c4noc5cc(Cl)ccc45)CC3)CC2)C2CCOCC2)CC1. The molecular formula is C55H78Cl2N8O6. The number of piperazine rings is 2. The molecule has 6 fully saturated rings. The number of anilines is 2. The van der Waals surface area contributed by atoms with E-state index in [-0.39, 0.29) is 53.2 Å². The van der Waals surface area contributed by atoms with E-state index in [4.69, 9.17) is 41.7 Å². The highest BCUT2D eigenvalue weighted by atomic mass is 35.5. The number of hydrogen-bond donors (Lipinski definition) is 2. The van der Waals surface area contributed by atoms with Gasteiger partial charge in [-0.05, 0) is 171 Å². The fraction of sp³-hybridized carbons (Fsp3) is 0.709. The van der Waals surface area contributed by atoms with Crippen LogP contribution in [0.5, 0.6) is 0 Å². The number of benzene rings is 2. The highest BCUT2D eigenvalue weighted by Crippen LogP contribution is 2.44. The summed E-state index contributed by atoms with van der Waals surface area (Å²) in [5, 5.41) is 19.3. The number of nitrogens with zero attached hydrogens (tertiary/aromatic N) is 6. The van der Waals surface area contributed by atoms with Crippen LogP contribution in [0.4, 0.5) is 11.6 Å². The molecule has 3 saturated heterocycles. The molecule has 2 atom stereocenters. The fourth-order valence-corrected chi connectivity index (χ4v) is 13.7. The van der Waals surface area contributed by atoms with Crippen molar-refractivity contribution in [2.45, 2.75) is 127 Å². The van der Waals surface area contributed by atoms with Gasteiger partial charge in [0.2, 0.25) is 11.8 Å². The monoisotopic (exact) mass is 1020 g/mol. The van der Waals surface area contributed by atoms with E-state index in [1.807, 2.05) is 43.5 Å². The average molecular weight is 1020 g/mol. The van der Waals surface area contributed by atoms with E-state index in [1.165, 1.54) is 12.8 Å². The minimum absolute atomic E-state index is 0.102. The zero-order valence-electron chi connectivity index (χ0n) is 42.3. The molecule has 6 aliphatic rings. The number of fused-ring (bicyclic) bond motifs is 2. The number of ether oxygens (including phenoxy) is 2. The van der Waals surface area contributed by atoms with Gasteiger partial charge in [-0.3, -0.25) is 19.4 Å². The van der Waals surface area contributed by atoms with Crippen LogP contribution in [0.25, 0.3) is 21.9 Å². The minimum Gasteiger partial charge on any atom is -0.381 e. The third-order valence-corrected chi connectivity index (χ3v) is 18.6. The van der Waals surface area contributed by atoms with Gasteiger partial charge in [0, 0.05) is 107 Å². The van der Waals surface area contributed by atoms with Gasteiger partial charge >= 0.3 is 0 Å². The first kappa shape index (κ1) is 50.9. The molecule has 2 aromatic heterocycles. The van der Waals surface area contributed by atoms with E-state index in [0.29, 0.717) is 35.1 Å². The Labute approximate surface area is 430 Å². The van der Waals surface area contributed by atoms with E-state index in [0.717, 1.165) is 189 Å². The smallest absolute Gasteiger partial charge is 0.224 e. The number of carbonyl (C=O) groups is 2. The van der Waals surface area contributed by atoms with Crippen LogP contribution in [-0.4, -0.2) is 135 Å². The van der Waals surface area contributed by atoms with Crippen molar-refractivity contribution in [1.82, 2.24) is 30.7 Å². The molecule has 3 aliphatic heterocycles. The number of rotatable bonds is 16. The molecule has 3 saturated carbocycles. The lowest BCUT2D eigenvalue weighted by Gasteiger charge is -2.44. The molecule has 5 heterocycles. The van der Waals surface area contributed by atoms with Crippen molar-refractivity contribution >= 4 is 68.6 Å². The Kier molecular flexibility index (Phi) is 16.7. The zero-order chi connectivity index (χ0) is 48.9. The number of halogens is 2. The first-order valence-corrected chi connectivity index (χ1v) is 28.1. The Bertz CT molecular complexity index is 2370. The summed E-state index contributed by atoms with van der Waals surface area (Å²) in [7, 11) is 1.81. The van der Waals surface area contributed by atoms with Gasteiger partial charge in [-0.25, -0.2) is 0 Å². The van der Waals surface area contributed by atoms with Crippen LogP contribution in [0, 0.1) is 35.5 Å². The Morgan fingerprint density at radius 1 is 0.634 bits per heavy atom. The number of amides is 2. The van der Waals surface area contributed by atoms with Crippen molar-refractivity contribution in [2.75, 3.05) is 95.6 Å². The highest BCUT2D eigenvalue weighted by Gasteiger charge is 2.47. The maximum Gasteiger partial charge on any atom is 0.224 e. The van der Waals surface area contributed by atoms with Crippen molar-refractivity contribution in [3.05, 3.63) is 46.4 Å². The third kappa shape index (κ3) is 12.3. The van der Waals surface area contributed by atoms with Gasteiger partial charge in [-0.1, -0.05) is 33.5 Å². The van der Waals surface area contributed by atoms with Crippen molar-refractivity contribution in [1.29, 1.82) is 0 Å². The number of methoxy groups -OCH3 is 1. The van der Waals surface area contributed by atoms with Crippen molar-refractivity contribution in [3.8, 4) is 0 Å². The van der Waals surface area contributed by atoms with Gasteiger partial charge < -0.3 is 39.0 Å². The summed E-state index contributed by atoms with van der Waals surface area (Å²) < 4.78 is 23.0. The van der Waals surface area contributed by atoms with Crippen LogP contribution < -0.4 is 20.4 Å². The molecule has 0 bridgehead atoms. The molecule has 2 unspecified atom stereocenters. The quantitative estimate of drug-likeness (QED) is 0.110. The van der Waals surface area contributed by atoms with Gasteiger partial charge in [0.25, 0.3) is 0 Å². The summed E-state index contributed by atoms with van der Waals surface area (Å²) in [4.78, 5) is 39.8. The Balaban J connectivity index is 0.706. The van der Waals surface area contributed by atoms with E-state index < -0.39 is 0 Å². The van der Waals surface area contributed by atoms with Crippen LogP contribution >= 0.6 is 23.2 Å². The van der Waals surface area contributed by atoms with Gasteiger partial charge in [0.15, 0.2) is 22.8 Å². The Morgan fingerprint density at radius 2 is 1.06 bits per heavy atom. The first-order valence-electron chi connectivity index (χ1n) is 27.4. The highest BCUT2D eigenvalue weighted by molar-refractivity contribution is 6.31. The molecule has 2 N–H and O–H groups in total. The second-order valence-electron chi connectivity index (χ2n) is 22.5. The summed E-state index contributed by atoms with van der Waals surface area (Å²) >= 11 is 12.4. The molecule has 0 spiro atoms. The minimum atomic E-state index is -0.362. The van der Waals surface area contributed by atoms with Crippen LogP contribution in [0.2, 0.25) is 10.0 Å². The first-order chi connectivity index (χ1) is 34.6. The lowest BCUT2D eigenvalue weighted by molar-refractivity contribution is -0.144. The molecule has 3 aliphatic carbocycles. The molecule has 71 heavy (non-hydrogen) atoms. The zero-order valence-corrected chi connectivity index (χ0v) is 43.8. The predicted octanol–water partition coefficient (Wildman–Crippen LogP) is 9.60. The summed E-state index contributed by atoms with van der Waals surface area (Å²) in [6.07, 6.45) is 16.1. The van der Waals surface area contributed by atoms with Crippen LogP contribution in [0.1, 0.15) is 110 Å². The Morgan fingerprint density at radius 3 is 1.48 bits per heavy atom. The van der Waals surface area contributed by atoms with Gasteiger partial charge in [0.1, 0.15) is 0 Å². The molecule has 2 amide bonds. The van der Waals surface area contributed by atoms with Crippen LogP contribution in [0.15, 0.2) is 45.4 Å². The molecule has 10 rings (SSSR count). The maximum absolute atomic E-state index is 15.0. The molecule has 16 heteroatoms. The summed E-state index contributed by atoms with van der Waals surface area (Å²) in [6.45, 7) is 13.4. The second-order valence-corrected chi connectivity index (χ2v) is 23.3. The van der Waals surface area contributed by atoms with E-state index in [9.17, 15) is 4.79 Å². The summed E-state index contributed by atoms with van der Waals surface area (Å²) in [5.74, 6) is 2.89. The van der Waals surface area contributed by atoms with Gasteiger partial charge in [0.05, 0.1) is 28.2 Å². The third-order valence-electron chi connectivity index (χ3n) is 18.1. The predicted molar refractivity (Wildman–Crippen MR) is 280 cm³/mol. The lowest BCUT2D eigenvalue weighted by Crippen LogP contribution is -2.54. The number of nitrogens with one attached hydrogen (secondary N) is 2. The average Bonchev–Trinajstić information content (AvgIpc) is 4.02. The standard InChI is InChI=1S/C55H78Cl2N8O6/c1-55(68-2)21-15-39(16-22-55)49(53(66)58-43-9-3-37(4-10-43)17-23-62-25-29-64(30-26-62)51-45-13-7-41(56)35-47(45)70-60-51)50(40-19-33-69-34-20-40)54(67)59-44-11-5-38(6-12-44)18-24-63-27-31-65(32-28-63)52-46-14-8-42(57)36-48(46)71-61-52/h7-8,13-14,35-40,43-44,49-50H,3-6,9-12,15-34H2,1-2H3,(H,58,66)(H,59,67).